The van der Waals surface area contributed by atoms with E-state index >= 15 is 0 Å². The third kappa shape index (κ3) is 2.64. The summed E-state index contributed by atoms with van der Waals surface area (Å²) < 4.78 is 28.0. The second-order valence-electron chi connectivity index (χ2n) is 5.91. The topological polar surface area (TPSA) is 77.9 Å². The van der Waals surface area contributed by atoms with Gasteiger partial charge in [0.2, 0.25) is 0 Å². The molecular formula is C12H22N2O4S. The molecule has 0 bridgehead atoms. The van der Waals surface area contributed by atoms with Crippen molar-refractivity contribution in [2.75, 3.05) is 19.6 Å². The number of carbonyl (C=O) groups is 1. The number of carboxylic acid groups (broad SMARTS) is 1. The zero-order valence-corrected chi connectivity index (χ0v) is 12.3. The molecule has 2 rings (SSSR count). The Labute approximate surface area is 114 Å². The van der Waals surface area contributed by atoms with E-state index in [0.717, 1.165) is 19.3 Å². The van der Waals surface area contributed by atoms with Gasteiger partial charge in [0.1, 0.15) is 0 Å². The summed E-state index contributed by atoms with van der Waals surface area (Å²) in [4.78, 5) is 11.2. The van der Waals surface area contributed by atoms with Crippen LogP contribution >= 0.6 is 0 Å². The van der Waals surface area contributed by atoms with E-state index in [1.54, 1.807) is 6.92 Å². The summed E-state index contributed by atoms with van der Waals surface area (Å²) in [6.07, 6.45) is 3.20. The Balaban J connectivity index is 2.15. The predicted molar refractivity (Wildman–Crippen MR) is 70.9 cm³/mol. The highest BCUT2D eigenvalue weighted by Gasteiger charge is 2.46. The lowest BCUT2D eigenvalue weighted by Gasteiger charge is -2.35. The Kier molecular flexibility index (Phi) is 3.90. The fourth-order valence-corrected chi connectivity index (χ4v) is 4.84. The van der Waals surface area contributed by atoms with Crippen LogP contribution in [-0.4, -0.2) is 53.8 Å². The number of aliphatic carboxylic acids is 1. The minimum atomic E-state index is -3.51. The van der Waals surface area contributed by atoms with Gasteiger partial charge >= 0.3 is 5.97 Å². The average molecular weight is 290 g/mol. The maximum atomic E-state index is 12.6. The fourth-order valence-electron chi connectivity index (χ4n) is 2.85. The van der Waals surface area contributed by atoms with Crippen LogP contribution in [-0.2, 0) is 15.0 Å². The number of carboxylic acids is 1. The van der Waals surface area contributed by atoms with Crippen LogP contribution in [0.5, 0.6) is 0 Å². The number of piperidine rings is 1. The quantitative estimate of drug-likeness (QED) is 0.838. The first-order chi connectivity index (χ1) is 8.77. The van der Waals surface area contributed by atoms with Crippen molar-refractivity contribution in [2.24, 2.45) is 5.41 Å². The molecule has 0 amide bonds. The summed E-state index contributed by atoms with van der Waals surface area (Å²) in [6.45, 7) is 4.46. The van der Waals surface area contributed by atoms with Crippen LogP contribution in [0, 0.1) is 5.41 Å². The third-order valence-corrected chi connectivity index (χ3v) is 6.42. The van der Waals surface area contributed by atoms with Crippen molar-refractivity contribution in [3.05, 3.63) is 0 Å². The van der Waals surface area contributed by atoms with Crippen molar-refractivity contribution < 1.29 is 18.3 Å². The van der Waals surface area contributed by atoms with E-state index in [4.69, 9.17) is 0 Å². The maximum absolute atomic E-state index is 12.6. The number of nitrogens with zero attached hydrogens (tertiary/aromatic N) is 2. The molecule has 19 heavy (non-hydrogen) atoms. The smallest absolute Gasteiger partial charge is 0.310 e. The molecule has 2 aliphatic rings. The molecule has 7 heteroatoms. The van der Waals surface area contributed by atoms with Crippen molar-refractivity contribution in [1.82, 2.24) is 8.61 Å². The van der Waals surface area contributed by atoms with E-state index in [0.29, 0.717) is 19.5 Å². The van der Waals surface area contributed by atoms with Crippen LogP contribution in [0.1, 0.15) is 39.5 Å². The van der Waals surface area contributed by atoms with Gasteiger partial charge in [-0.1, -0.05) is 6.42 Å². The molecule has 2 heterocycles. The molecule has 1 N–H and O–H groups in total. The van der Waals surface area contributed by atoms with Gasteiger partial charge in [-0.25, -0.2) is 0 Å². The molecule has 0 aromatic heterocycles. The molecule has 2 saturated heterocycles. The van der Waals surface area contributed by atoms with E-state index in [2.05, 4.69) is 0 Å². The number of hydrogen-bond donors (Lipinski definition) is 1. The Hall–Kier alpha value is -0.660. The molecular weight excluding hydrogens is 268 g/mol. The largest absolute Gasteiger partial charge is 0.481 e. The van der Waals surface area contributed by atoms with E-state index in [9.17, 15) is 18.3 Å². The van der Waals surface area contributed by atoms with Gasteiger partial charge < -0.3 is 5.11 Å². The Morgan fingerprint density at radius 2 is 2.00 bits per heavy atom. The normalized spacial score (nSPS) is 34.5. The van der Waals surface area contributed by atoms with Crippen molar-refractivity contribution in [1.29, 1.82) is 0 Å². The standard InChI is InChI=1S/C12H22N2O4S/c1-10-5-3-4-7-14(10)19(17,18)13-8-6-12(2,9-13)11(15)16/h10H,3-9H2,1-2H3,(H,15,16). The molecule has 0 aliphatic carbocycles. The van der Waals surface area contributed by atoms with Gasteiger partial charge in [-0.3, -0.25) is 4.79 Å². The summed E-state index contributed by atoms with van der Waals surface area (Å²) in [6, 6.07) is 0.00966. The van der Waals surface area contributed by atoms with Crippen molar-refractivity contribution in [3.8, 4) is 0 Å². The molecule has 0 saturated carbocycles. The summed E-state index contributed by atoms with van der Waals surface area (Å²) >= 11 is 0. The van der Waals surface area contributed by atoms with Gasteiger partial charge in [0.25, 0.3) is 10.2 Å². The summed E-state index contributed by atoms with van der Waals surface area (Å²) in [5.74, 6) is -0.920. The molecule has 2 fully saturated rings. The van der Waals surface area contributed by atoms with Crippen LogP contribution in [0.4, 0.5) is 0 Å². The Morgan fingerprint density at radius 1 is 1.32 bits per heavy atom. The molecule has 0 spiro atoms. The van der Waals surface area contributed by atoms with Gasteiger partial charge in [-0.05, 0) is 33.1 Å². The molecule has 6 nitrogen and oxygen atoms in total. The van der Waals surface area contributed by atoms with Gasteiger partial charge in [0, 0.05) is 25.7 Å². The lowest BCUT2D eigenvalue weighted by molar-refractivity contribution is -0.146. The second kappa shape index (κ2) is 5.03. The zero-order chi connectivity index (χ0) is 14.3. The minimum absolute atomic E-state index is 0.00966. The first-order valence-electron chi connectivity index (χ1n) is 6.78. The summed E-state index contributed by atoms with van der Waals surface area (Å²) in [7, 11) is -3.51. The lowest BCUT2D eigenvalue weighted by Crippen LogP contribution is -2.49. The third-order valence-electron chi connectivity index (χ3n) is 4.32. The highest BCUT2D eigenvalue weighted by molar-refractivity contribution is 7.86. The van der Waals surface area contributed by atoms with E-state index in [-0.39, 0.29) is 12.6 Å². The molecule has 2 aliphatic heterocycles. The van der Waals surface area contributed by atoms with Gasteiger partial charge in [0.15, 0.2) is 0 Å². The van der Waals surface area contributed by atoms with Gasteiger partial charge in [-0.2, -0.15) is 17.0 Å². The first kappa shape index (κ1) is 14.7. The number of rotatable bonds is 3. The molecule has 2 unspecified atom stereocenters. The van der Waals surface area contributed by atoms with Crippen molar-refractivity contribution in [3.63, 3.8) is 0 Å². The van der Waals surface area contributed by atoms with Gasteiger partial charge in [0.05, 0.1) is 5.41 Å². The van der Waals surface area contributed by atoms with E-state index in [1.165, 1.54) is 8.61 Å². The fraction of sp³-hybridized carbons (Fsp3) is 0.917. The SMILES string of the molecule is CC1CCCCN1S(=O)(=O)N1CCC(C)(C(=O)O)C1. The maximum Gasteiger partial charge on any atom is 0.310 e. The van der Waals surface area contributed by atoms with Crippen LogP contribution in [0.2, 0.25) is 0 Å². The predicted octanol–water partition coefficient (Wildman–Crippen LogP) is 0.902. The highest BCUT2D eigenvalue weighted by atomic mass is 32.2. The van der Waals surface area contributed by atoms with Crippen LogP contribution < -0.4 is 0 Å². The van der Waals surface area contributed by atoms with Gasteiger partial charge in [-0.15, -0.1) is 0 Å². The van der Waals surface area contributed by atoms with Crippen molar-refractivity contribution in [2.45, 2.75) is 45.6 Å². The minimum Gasteiger partial charge on any atom is -0.481 e. The molecule has 0 aromatic carbocycles. The second-order valence-corrected chi connectivity index (χ2v) is 7.79. The summed E-state index contributed by atoms with van der Waals surface area (Å²) in [5.41, 5.74) is -0.952. The average Bonchev–Trinajstić information content (AvgIpc) is 2.74. The van der Waals surface area contributed by atoms with Crippen molar-refractivity contribution >= 4 is 16.2 Å². The van der Waals surface area contributed by atoms with Crippen LogP contribution in [0.3, 0.4) is 0 Å². The first-order valence-corrected chi connectivity index (χ1v) is 8.17. The van der Waals surface area contributed by atoms with Crippen LogP contribution in [0.25, 0.3) is 0 Å². The lowest BCUT2D eigenvalue weighted by atomic mass is 9.90. The Morgan fingerprint density at radius 3 is 2.53 bits per heavy atom. The number of hydrogen-bond acceptors (Lipinski definition) is 3. The molecule has 0 aromatic rings. The summed E-state index contributed by atoms with van der Waals surface area (Å²) in [5, 5.41) is 9.18. The molecule has 0 radical (unpaired) electrons. The molecule has 110 valence electrons. The zero-order valence-electron chi connectivity index (χ0n) is 11.5. The van der Waals surface area contributed by atoms with E-state index in [1.807, 2.05) is 6.92 Å². The highest BCUT2D eigenvalue weighted by Crippen LogP contribution is 2.34. The Bertz CT molecular complexity index is 464. The van der Waals surface area contributed by atoms with Crippen LogP contribution in [0.15, 0.2) is 0 Å². The monoisotopic (exact) mass is 290 g/mol. The van der Waals surface area contributed by atoms with E-state index < -0.39 is 21.6 Å². The molecule has 2 atom stereocenters.